The summed E-state index contributed by atoms with van der Waals surface area (Å²) in [5.41, 5.74) is 3.26. The molecule has 3 aromatic heterocycles. The van der Waals surface area contributed by atoms with Gasteiger partial charge in [-0.05, 0) is 116 Å². The van der Waals surface area contributed by atoms with Crippen molar-refractivity contribution in [3.63, 3.8) is 0 Å². The molecule has 0 bridgehead atoms. The number of nitrogens with one attached hydrogen (secondary N) is 1. The Bertz CT molecular complexity index is 3190. The Labute approximate surface area is 423 Å². The monoisotopic (exact) mass is 1020 g/mol. The number of halogens is 3. The molecular formula is C53H56F3N11O7. The fourth-order valence-electron chi connectivity index (χ4n) is 11.2. The average Bonchev–Trinajstić information content (AvgIpc) is 4.09. The quantitative estimate of drug-likeness (QED) is 0.171. The van der Waals surface area contributed by atoms with E-state index in [-0.39, 0.29) is 59.9 Å². The van der Waals surface area contributed by atoms with Gasteiger partial charge in [0.1, 0.15) is 18.5 Å². The molecule has 386 valence electrons. The number of carbonyl (C=O) groups is 4. The number of alkyl halides is 3. The Morgan fingerprint density at radius 2 is 1.58 bits per heavy atom. The van der Waals surface area contributed by atoms with Crippen molar-refractivity contribution in [3.8, 4) is 5.69 Å². The summed E-state index contributed by atoms with van der Waals surface area (Å²) in [6.07, 6.45) is 1.44. The Morgan fingerprint density at radius 3 is 2.30 bits per heavy atom. The van der Waals surface area contributed by atoms with Gasteiger partial charge < -0.3 is 34.0 Å². The number of rotatable bonds is 11. The van der Waals surface area contributed by atoms with Gasteiger partial charge in [-0.1, -0.05) is 12.1 Å². The zero-order chi connectivity index (χ0) is 51.4. The van der Waals surface area contributed by atoms with Gasteiger partial charge in [0.25, 0.3) is 11.8 Å². The van der Waals surface area contributed by atoms with Crippen LogP contribution in [0.25, 0.3) is 11.2 Å². The molecule has 8 heterocycles. The van der Waals surface area contributed by atoms with Crippen LogP contribution in [0.15, 0.2) is 96.3 Å². The molecule has 21 heteroatoms. The van der Waals surface area contributed by atoms with E-state index in [0.29, 0.717) is 74.2 Å². The van der Waals surface area contributed by atoms with E-state index in [1.165, 1.54) is 18.7 Å². The average molecular weight is 1020 g/mol. The van der Waals surface area contributed by atoms with Crippen LogP contribution in [0.3, 0.4) is 0 Å². The van der Waals surface area contributed by atoms with E-state index in [1.54, 1.807) is 40.8 Å². The number of nitrogens with zero attached hydrogens (tertiary/aromatic N) is 10. The highest BCUT2D eigenvalue weighted by molar-refractivity contribution is 6.05. The second kappa shape index (κ2) is 19.8. The second-order valence-electron chi connectivity index (χ2n) is 20.0. The lowest BCUT2D eigenvalue weighted by Gasteiger charge is -2.38. The number of amides is 4. The topological polar surface area (TPSA) is 183 Å². The van der Waals surface area contributed by atoms with E-state index < -0.39 is 35.5 Å². The Hall–Kier alpha value is -7.36. The number of anilines is 2. The molecule has 0 spiro atoms. The number of aryl methyl sites for hydroxylation is 1. The lowest BCUT2D eigenvalue weighted by Crippen LogP contribution is -2.52. The van der Waals surface area contributed by atoms with E-state index in [9.17, 15) is 42.3 Å². The molecule has 5 aliphatic rings. The van der Waals surface area contributed by atoms with Crippen molar-refractivity contribution in [2.45, 2.75) is 82.1 Å². The SMILES string of the molecule is Cn1cnnc1[C@H](O)c1cccc(-n2cc3c(C(F)(F)F)cc(CN4CCC[C@@H](OC5CCN(C(=O)c6ccc(N7CCN(c8ccc9c(c8)CN([C@H]8CCC(=O)NC8=O)C9=O)CC7)cc6)CC5)C4)cn3c2=O)c1. The number of piperazine rings is 1. The smallest absolute Gasteiger partial charge is 0.380 e. The predicted molar refractivity (Wildman–Crippen MR) is 265 cm³/mol. The van der Waals surface area contributed by atoms with E-state index in [2.05, 4.69) is 30.2 Å². The normalized spacial score (nSPS) is 20.6. The van der Waals surface area contributed by atoms with Crippen molar-refractivity contribution in [1.82, 2.24) is 43.7 Å². The molecule has 18 nitrogen and oxygen atoms in total. The van der Waals surface area contributed by atoms with Crippen LogP contribution in [0.4, 0.5) is 24.5 Å². The van der Waals surface area contributed by atoms with Crippen LogP contribution in [0.2, 0.25) is 0 Å². The Balaban J connectivity index is 0.663. The number of fused-ring (bicyclic) bond motifs is 2. The van der Waals surface area contributed by atoms with Crippen molar-refractivity contribution in [3.05, 3.63) is 141 Å². The number of benzene rings is 3. The summed E-state index contributed by atoms with van der Waals surface area (Å²) in [5, 5.41) is 21.1. The zero-order valence-corrected chi connectivity index (χ0v) is 40.8. The first-order chi connectivity index (χ1) is 35.6. The van der Waals surface area contributed by atoms with Gasteiger partial charge in [0, 0.05) is 107 Å². The van der Waals surface area contributed by atoms with Gasteiger partial charge in [-0.2, -0.15) is 13.2 Å². The Kier molecular flexibility index (Phi) is 13.1. The number of hydrogen-bond donors (Lipinski definition) is 2. The van der Waals surface area contributed by atoms with Gasteiger partial charge in [-0.15, -0.1) is 10.2 Å². The molecule has 6 aromatic rings. The number of piperidine rings is 3. The molecule has 3 aromatic carbocycles. The lowest BCUT2D eigenvalue weighted by atomic mass is 10.0. The van der Waals surface area contributed by atoms with Gasteiger partial charge >= 0.3 is 11.9 Å². The van der Waals surface area contributed by atoms with Crippen LogP contribution in [-0.4, -0.2) is 138 Å². The van der Waals surface area contributed by atoms with Gasteiger partial charge in [0.15, 0.2) is 5.82 Å². The minimum Gasteiger partial charge on any atom is -0.380 e. The molecule has 74 heavy (non-hydrogen) atoms. The highest BCUT2D eigenvalue weighted by Gasteiger charge is 2.40. The van der Waals surface area contributed by atoms with Crippen LogP contribution in [0.1, 0.15) is 93.4 Å². The van der Waals surface area contributed by atoms with Crippen LogP contribution >= 0.6 is 0 Å². The molecule has 2 N–H and O–H groups in total. The molecule has 4 amide bonds. The number of imide groups is 1. The highest BCUT2D eigenvalue weighted by Crippen LogP contribution is 2.35. The predicted octanol–water partition coefficient (Wildman–Crippen LogP) is 4.69. The number of imidazole rings is 1. The third-order valence-corrected chi connectivity index (χ3v) is 15.2. The number of aliphatic hydroxyl groups excluding tert-OH is 1. The number of aromatic nitrogens is 5. The molecule has 0 aliphatic carbocycles. The third kappa shape index (κ3) is 9.66. The summed E-state index contributed by atoms with van der Waals surface area (Å²) < 4.78 is 54.3. The first-order valence-corrected chi connectivity index (χ1v) is 25.2. The maximum Gasteiger partial charge on any atom is 0.418 e. The van der Waals surface area contributed by atoms with Gasteiger partial charge in [-0.3, -0.25) is 38.4 Å². The molecule has 4 saturated heterocycles. The minimum atomic E-state index is -4.74. The number of hydrogen-bond acceptors (Lipinski definition) is 12. The largest absolute Gasteiger partial charge is 0.418 e. The maximum absolute atomic E-state index is 14.7. The molecule has 3 atom stereocenters. The highest BCUT2D eigenvalue weighted by atomic mass is 19.4. The first-order valence-electron chi connectivity index (χ1n) is 25.2. The van der Waals surface area contributed by atoms with E-state index in [0.717, 1.165) is 71.0 Å². The Morgan fingerprint density at radius 1 is 0.838 bits per heavy atom. The molecular weight excluding hydrogens is 960 g/mol. The molecule has 0 radical (unpaired) electrons. The maximum atomic E-state index is 14.7. The number of ether oxygens (including phenoxy) is 1. The standard InChI is InChI=1S/C53H56F3N11O7/c1-60-32-57-59-48(60)47(69)35-4-2-5-39(25-35)65-31-45-43(53(54,55)56)24-33(28-67(45)52(65)73)27-61-17-3-6-41(30-61)74-40-15-18-64(19-16-40)50(71)34-7-9-37(10-8-34)62-20-22-63(23-21-62)38-11-12-42-36(26-38)29-66(51(42)72)44-13-14-46(68)58-49(44)70/h2,4-5,7-12,24-26,28,31-32,40-41,44,47,69H,3,6,13-23,27,29-30H2,1H3,(H,58,68,70)/t41-,44+,47-/m1/s1. The van der Waals surface area contributed by atoms with Crippen molar-refractivity contribution < 1.29 is 42.2 Å². The first kappa shape index (κ1) is 48.9. The summed E-state index contributed by atoms with van der Waals surface area (Å²) in [6, 6.07) is 20.4. The molecule has 11 rings (SSSR count). The van der Waals surface area contributed by atoms with Crippen molar-refractivity contribution in [1.29, 1.82) is 0 Å². The second-order valence-corrected chi connectivity index (χ2v) is 20.0. The molecule has 5 aliphatic heterocycles. The van der Waals surface area contributed by atoms with Crippen molar-refractivity contribution in [2.75, 3.05) is 62.2 Å². The third-order valence-electron chi connectivity index (χ3n) is 15.2. The fraction of sp³-hybridized carbons (Fsp3) is 0.415. The number of carbonyl (C=O) groups excluding carboxylic acids is 4. The number of likely N-dealkylation sites (tertiary alicyclic amines) is 2. The van der Waals surface area contributed by atoms with Crippen LogP contribution in [-0.2, 0) is 40.6 Å². The molecule has 4 fully saturated rings. The van der Waals surface area contributed by atoms with E-state index in [4.69, 9.17) is 4.74 Å². The molecule has 0 unspecified atom stereocenters. The molecule has 0 saturated carbocycles. The van der Waals surface area contributed by atoms with Gasteiger partial charge in [0.2, 0.25) is 11.8 Å². The van der Waals surface area contributed by atoms with Crippen LogP contribution in [0, 0.1) is 0 Å². The minimum absolute atomic E-state index is 0.0369. The lowest BCUT2D eigenvalue weighted by molar-refractivity contribution is -0.137. The summed E-state index contributed by atoms with van der Waals surface area (Å²) in [6.45, 7) is 5.81. The van der Waals surface area contributed by atoms with Crippen LogP contribution in [0.5, 0.6) is 0 Å². The summed E-state index contributed by atoms with van der Waals surface area (Å²) in [5.74, 6) is -0.692. The van der Waals surface area contributed by atoms with Gasteiger partial charge in [-0.25, -0.2) is 4.79 Å². The summed E-state index contributed by atoms with van der Waals surface area (Å²) in [4.78, 5) is 74.9. The van der Waals surface area contributed by atoms with E-state index in [1.807, 2.05) is 47.4 Å². The fourth-order valence-corrected chi connectivity index (χ4v) is 11.2. The number of aliphatic hydroxyl groups is 1. The summed E-state index contributed by atoms with van der Waals surface area (Å²) in [7, 11) is 1.68. The van der Waals surface area contributed by atoms with Crippen LogP contribution < -0.4 is 20.8 Å². The zero-order valence-electron chi connectivity index (χ0n) is 40.8. The number of pyridine rings is 1. The van der Waals surface area contributed by atoms with E-state index >= 15 is 0 Å². The van der Waals surface area contributed by atoms with Crippen molar-refractivity contribution >= 4 is 40.5 Å². The van der Waals surface area contributed by atoms with Crippen molar-refractivity contribution in [2.24, 2.45) is 7.05 Å². The summed E-state index contributed by atoms with van der Waals surface area (Å²) >= 11 is 0. The van der Waals surface area contributed by atoms with Gasteiger partial charge in [0.05, 0.1) is 29.0 Å².